The van der Waals surface area contributed by atoms with Gasteiger partial charge < -0.3 is 9.84 Å². The van der Waals surface area contributed by atoms with Crippen molar-refractivity contribution in [2.75, 3.05) is 12.3 Å². The van der Waals surface area contributed by atoms with E-state index >= 15 is 0 Å². The molecule has 0 saturated carbocycles. The van der Waals surface area contributed by atoms with Crippen LogP contribution in [0.1, 0.15) is 17.9 Å². The molecule has 0 fully saturated rings. The van der Waals surface area contributed by atoms with Crippen molar-refractivity contribution < 1.29 is 9.32 Å². The number of thiophene rings is 1. The Labute approximate surface area is 165 Å². The molecule has 1 amide bonds. The maximum atomic E-state index is 11.9. The SMILES string of the molecule is O=C(CCc1nc(-c2ccc(Cl)cc2)no1)NCCSCc1ccsc1. The van der Waals surface area contributed by atoms with Crippen LogP contribution in [0.15, 0.2) is 45.6 Å². The Morgan fingerprint density at radius 1 is 1.27 bits per heavy atom. The van der Waals surface area contributed by atoms with Gasteiger partial charge in [-0.2, -0.15) is 28.1 Å². The van der Waals surface area contributed by atoms with E-state index in [-0.39, 0.29) is 5.91 Å². The first kappa shape index (κ1) is 18.9. The monoisotopic (exact) mass is 407 g/mol. The molecule has 2 aromatic heterocycles. The van der Waals surface area contributed by atoms with Crippen LogP contribution < -0.4 is 5.32 Å². The van der Waals surface area contributed by atoms with Crippen molar-refractivity contribution in [2.45, 2.75) is 18.6 Å². The molecule has 0 atom stereocenters. The van der Waals surface area contributed by atoms with Crippen LogP contribution in [0.25, 0.3) is 11.4 Å². The summed E-state index contributed by atoms with van der Waals surface area (Å²) in [6, 6.07) is 9.33. The molecule has 0 aliphatic carbocycles. The molecule has 26 heavy (non-hydrogen) atoms. The van der Waals surface area contributed by atoms with Crippen molar-refractivity contribution in [3.63, 3.8) is 0 Å². The molecule has 0 saturated heterocycles. The number of carbonyl (C=O) groups excluding carboxylic acids is 1. The van der Waals surface area contributed by atoms with Gasteiger partial charge in [0.25, 0.3) is 0 Å². The number of hydrogen-bond acceptors (Lipinski definition) is 6. The molecule has 0 spiro atoms. The first-order valence-corrected chi connectivity index (χ1v) is 10.6. The lowest BCUT2D eigenvalue weighted by Crippen LogP contribution is -2.25. The van der Waals surface area contributed by atoms with Gasteiger partial charge in [-0.15, -0.1) is 0 Å². The number of nitrogens with zero attached hydrogens (tertiary/aromatic N) is 2. The zero-order valence-corrected chi connectivity index (χ0v) is 16.4. The summed E-state index contributed by atoms with van der Waals surface area (Å²) in [5.74, 6) is 2.82. The molecule has 0 aliphatic rings. The van der Waals surface area contributed by atoms with E-state index < -0.39 is 0 Å². The topological polar surface area (TPSA) is 68.0 Å². The Morgan fingerprint density at radius 3 is 2.88 bits per heavy atom. The molecule has 1 N–H and O–H groups in total. The average molecular weight is 408 g/mol. The Hall–Kier alpha value is -1.83. The normalized spacial score (nSPS) is 10.8. The van der Waals surface area contributed by atoms with Gasteiger partial charge in [0.1, 0.15) is 0 Å². The van der Waals surface area contributed by atoms with E-state index in [2.05, 4.69) is 32.3 Å². The molecule has 0 aliphatic heterocycles. The molecule has 136 valence electrons. The number of amides is 1. The standard InChI is InChI=1S/C18H18ClN3O2S2/c19-15-3-1-14(2-4-15)18-21-17(24-22-18)6-5-16(23)20-8-10-26-12-13-7-9-25-11-13/h1-4,7,9,11H,5-6,8,10,12H2,(H,20,23). The Morgan fingerprint density at radius 2 is 2.12 bits per heavy atom. The molecule has 0 radical (unpaired) electrons. The highest BCUT2D eigenvalue weighted by Crippen LogP contribution is 2.19. The lowest BCUT2D eigenvalue weighted by atomic mass is 10.2. The van der Waals surface area contributed by atoms with Crippen LogP contribution in [0.3, 0.4) is 0 Å². The van der Waals surface area contributed by atoms with Gasteiger partial charge >= 0.3 is 0 Å². The van der Waals surface area contributed by atoms with E-state index in [1.807, 2.05) is 23.9 Å². The summed E-state index contributed by atoms with van der Waals surface area (Å²) in [5.41, 5.74) is 2.16. The second-order valence-corrected chi connectivity index (χ2v) is 7.87. The van der Waals surface area contributed by atoms with Crippen molar-refractivity contribution in [2.24, 2.45) is 0 Å². The van der Waals surface area contributed by atoms with Gasteiger partial charge in [0, 0.05) is 41.5 Å². The Kier molecular flexibility index (Phi) is 7.11. The van der Waals surface area contributed by atoms with E-state index in [9.17, 15) is 4.79 Å². The summed E-state index contributed by atoms with van der Waals surface area (Å²) in [7, 11) is 0. The second kappa shape index (κ2) is 9.75. The fraction of sp³-hybridized carbons (Fsp3) is 0.278. The van der Waals surface area contributed by atoms with Crippen molar-refractivity contribution in [1.82, 2.24) is 15.5 Å². The largest absolute Gasteiger partial charge is 0.355 e. The summed E-state index contributed by atoms with van der Waals surface area (Å²) in [6.07, 6.45) is 0.756. The van der Waals surface area contributed by atoms with E-state index in [1.54, 1.807) is 23.5 Å². The minimum atomic E-state index is -0.00706. The third-order valence-corrected chi connectivity index (χ3v) is 5.57. The van der Waals surface area contributed by atoms with Crippen LogP contribution in [0.2, 0.25) is 5.02 Å². The number of carbonyl (C=O) groups is 1. The van der Waals surface area contributed by atoms with Gasteiger partial charge in [0.05, 0.1) is 0 Å². The summed E-state index contributed by atoms with van der Waals surface area (Å²) < 4.78 is 5.21. The second-order valence-electron chi connectivity index (χ2n) is 5.55. The first-order valence-electron chi connectivity index (χ1n) is 8.15. The highest BCUT2D eigenvalue weighted by atomic mass is 35.5. The van der Waals surface area contributed by atoms with Crippen LogP contribution in [0.5, 0.6) is 0 Å². The van der Waals surface area contributed by atoms with E-state index in [0.717, 1.165) is 17.1 Å². The zero-order chi connectivity index (χ0) is 18.2. The van der Waals surface area contributed by atoms with Crippen molar-refractivity contribution in [3.05, 3.63) is 57.6 Å². The molecular formula is C18H18ClN3O2S2. The first-order chi connectivity index (χ1) is 12.7. The summed E-state index contributed by atoms with van der Waals surface area (Å²) in [5, 5.41) is 11.7. The third-order valence-electron chi connectivity index (χ3n) is 3.55. The van der Waals surface area contributed by atoms with Crippen LogP contribution >= 0.6 is 34.7 Å². The van der Waals surface area contributed by atoms with Crippen LogP contribution in [0, 0.1) is 0 Å². The number of benzene rings is 1. The lowest BCUT2D eigenvalue weighted by Gasteiger charge is -2.03. The predicted octanol–water partition coefficient (Wildman–Crippen LogP) is 4.43. The highest BCUT2D eigenvalue weighted by molar-refractivity contribution is 7.98. The van der Waals surface area contributed by atoms with Crippen molar-refractivity contribution in [3.8, 4) is 11.4 Å². The summed E-state index contributed by atoms with van der Waals surface area (Å²) in [6.45, 7) is 0.660. The lowest BCUT2D eigenvalue weighted by molar-refractivity contribution is -0.121. The van der Waals surface area contributed by atoms with E-state index in [0.29, 0.717) is 36.1 Å². The number of hydrogen-bond donors (Lipinski definition) is 1. The van der Waals surface area contributed by atoms with Gasteiger partial charge in [0.2, 0.25) is 17.6 Å². The smallest absolute Gasteiger partial charge is 0.227 e. The fourth-order valence-electron chi connectivity index (χ4n) is 2.21. The number of thioether (sulfide) groups is 1. The molecule has 1 aromatic carbocycles. The van der Waals surface area contributed by atoms with Crippen LogP contribution in [-0.4, -0.2) is 28.3 Å². The minimum absolute atomic E-state index is 0.00706. The average Bonchev–Trinajstić information content (AvgIpc) is 3.32. The predicted molar refractivity (Wildman–Crippen MR) is 107 cm³/mol. The third kappa shape index (κ3) is 5.86. The van der Waals surface area contributed by atoms with Gasteiger partial charge in [0.15, 0.2) is 0 Å². The molecule has 8 heteroatoms. The quantitative estimate of drug-likeness (QED) is 0.531. The summed E-state index contributed by atoms with van der Waals surface area (Å²) in [4.78, 5) is 16.2. The molecule has 0 unspecified atom stereocenters. The maximum absolute atomic E-state index is 11.9. The number of aryl methyl sites for hydroxylation is 1. The van der Waals surface area contributed by atoms with Crippen LogP contribution in [-0.2, 0) is 17.0 Å². The number of halogens is 1. The molecule has 2 heterocycles. The van der Waals surface area contributed by atoms with Gasteiger partial charge in [-0.05, 0) is 46.7 Å². The fourth-order valence-corrected chi connectivity index (χ4v) is 3.91. The zero-order valence-electron chi connectivity index (χ0n) is 14.0. The number of nitrogens with one attached hydrogen (secondary N) is 1. The minimum Gasteiger partial charge on any atom is -0.355 e. The van der Waals surface area contributed by atoms with Gasteiger partial charge in [-0.3, -0.25) is 4.79 Å². The number of rotatable bonds is 9. The molecule has 3 rings (SSSR count). The maximum Gasteiger partial charge on any atom is 0.227 e. The van der Waals surface area contributed by atoms with Crippen LogP contribution in [0.4, 0.5) is 0 Å². The Bertz CT molecular complexity index is 819. The van der Waals surface area contributed by atoms with Crippen molar-refractivity contribution in [1.29, 1.82) is 0 Å². The molecular weight excluding hydrogens is 390 g/mol. The Balaban J connectivity index is 1.34. The van der Waals surface area contributed by atoms with E-state index in [1.165, 1.54) is 5.56 Å². The van der Waals surface area contributed by atoms with Gasteiger partial charge in [-0.25, -0.2) is 0 Å². The van der Waals surface area contributed by atoms with Crippen molar-refractivity contribution >= 4 is 40.6 Å². The number of aromatic nitrogens is 2. The molecule has 3 aromatic rings. The highest BCUT2D eigenvalue weighted by Gasteiger charge is 2.10. The van der Waals surface area contributed by atoms with E-state index in [4.69, 9.17) is 16.1 Å². The molecule has 0 bridgehead atoms. The summed E-state index contributed by atoms with van der Waals surface area (Å²) >= 11 is 9.38. The van der Waals surface area contributed by atoms with Gasteiger partial charge in [-0.1, -0.05) is 16.8 Å². The molecule has 5 nitrogen and oxygen atoms in total.